The summed E-state index contributed by atoms with van der Waals surface area (Å²) < 4.78 is 32.5. The first kappa shape index (κ1) is 20.1. The Balaban J connectivity index is 1.38. The van der Waals surface area contributed by atoms with Crippen molar-refractivity contribution in [1.29, 1.82) is 0 Å². The summed E-state index contributed by atoms with van der Waals surface area (Å²) in [7, 11) is -3.60. The molecular formula is C21H27N3O4S. The van der Waals surface area contributed by atoms with Crippen molar-refractivity contribution < 1.29 is 17.6 Å². The summed E-state index contributed by atoms with van der Waals surface area (Å²) in [5, 5.41) is 2.99. The maximum absolute atomic E-state index is 12.8. The third-order valence-corrected chi connectivity index (χ3v) is 7.64. The van der Waals surface area contributed by atoms with Crippen LogP contribution in [0.3, 0.4) is 0 Å². The predicted octanol–water partition coefficient (Wildman–Crippen LogP) is 2.38. The molecule has 7 nitrogen and oxygen atoms in total. The molecule has 1 atom stereocenters. The lowest BCUT2D eigenvalue weighted by molar-refractivity contribution is 0.0908. The molecule has 8 heteroatoms. The van der Waals surface area contributed by atoms with Gasteiger partial charge in [-0.25, -0.2) is 8.42 Å². The highest BCUT2D eigenvalue weighted by molar-refractivity contribution is 7.89. The average molecular weight is 418 g/mol. The second-order valence-electron chi connectivity index (χ2n) is 7.82. The van der Waals surface area contributed by atoms with Crippen LogP contribution in [0.4, 0.5) is 0 Å². The minimum atomic E-state index is -3.60. The van der Waals surface area contributed by atoms with E-state index in [0.717, 1.165) is 38.9 Å². The van der Waals surface area contributed by atoms with Gasteiger partial charge in [-0.15, -0.1) is 0 Å². The molecule has 29 heavy (non-hydrogen) atoms. The van der Waals surface area contributed by atoms with Gasteiger partial charge in [0.2, 0.25) is 10.0 Å². The van der Waals surface area contributed by atoms with Crippen LogP contribution >= 0.6 is 0 Å². The van der Waals surface area contributed by atoms with Crippen LogP contribution in [-0.4, -0.2) is 55.8 Å². The van der Waals surface area contributed by atoms with E-state index in [-0.39, 0.29) is 28.4 Å². The Kier molecular flexibility index (Phi) is 5.76. The Hall–Kier alpha value is -2.16. The fraction of sp³-hybridized carbons (Fsp3) is 0.476. The smallest absolute Gasteiger partial charge is 0.287 e. The van der Waals surface area contributed by atoms with Crippen LogP contribution in [0.15, 0.2) is 45.7 Å². The number of sulfonamides is 1. The molecule has 0 bridgehead atoms. The lowest BCUT2D eigenvalue weighted by Gasteiger charge is -2.16. The van der Waals surface area contributed by atoms with Gasteiger partial charge < -0.3 is 9.73 Å². The van der Waals surface area contributed by atoms with E-state index >= 15 is 0 Å². The van der Waals surface area contributed by atoms with Gasteiger partial charge in [0.05, 0.1) is 0 Å². The quantitative estimate of drug-likeness (QED) is 0.780. The van der Waals surface area contributed by atoms with Gasteiger partial charge in [-0.2, -0.15) is 4.31 Å². The molecule has 1 aromatic carbocycles. The van der Waals surface area contributed by atoms with Gasteiger partial charge in [-0.05, 0) is 31.7 Å². The van der Waals surface area contributed by atoms with Crippen molar-refractivity contribution in [2.45, 2.75) is 43.7 Å². The minimum Gasteiger partial charge on any atom is -0.455 e. The van der Waals surface area contributed by atoms with Crippen molar-refractivity contribution in [2.24, 2.45) is 0 Å². The third kappa shape index (κ3) is 4.39. The maximum Gasteiger partial charge on any atom is 0.287 e. The zero-order valence-corrected chi connectivity index (χ0v) is 17.5. The van der Waals surface area contributed by atoms with Gasteiger partial charge in [-0.1, -0.05) is 30.3 Å². The van der Waals surface area contributed by atoms with Crippen molar-refractivity contribution in [3.63, 3.8) is 0 Å². The van der Waals surface area contributed by atoms with Gasteiger partial charge in [0.15, 0.2) is 5.76 Å². The summed E-state index contributed by atoms with van der Waals surface area (Å²) in [6.45, 7) is 5.16. The highest BCUT2D eigenvalue weighted by atomic mass is 32.2. The molecule has 0 aliphatic carbocycles. The number of nitrogens with zero attached hydrogens (tertiary/aromatic N) is 2. The molecule has 2 aliphatic rings. The van der Waals surface area contributed by atoms with Gasteiger partial charge >= 0.3 is 0 Å². The molecule has 0 unspecified atom stereocenters. The summed E-state index contributed by atoms with van der Waals surface area (Å²) in [6, 6.07) is 11.6. The summed E-state index contributed by atoms with van der Waals surface area (Å²) in [6.07, 6.45) is 2.59. The van der Waals surface area contributed by atoms with E-state index < -0.39 is 10.0 Å². The van der Waals surface area contributed by atoms with Gasteiger partial charge in [0.25, 0.3) is 5.91 Å². The van der Waals surface area contributed by atoms with Gasteiger partial charge in [0.1, 0.15) is 10.7 Å². The van der Waals surface area contributed by atoms with Crippen LogP contribution < -0.4 is 5.32 Å². The Labute approximate surface area is 171 Å². The number of likely N-dealkylation sites (tertiary alicyclic amines) is 1. The number of benzene rings is 1. The first-order valence-electron chi connectivity index (χ1n) is 10.1. The average Bonchev–Trinajstić information content (AvgIpc) is 3.44. The zero-order valence-electron chi connectivity index (χ0n) is 16.6. The van der Waals surface area contributed by atoms with Gasteiger partial charge in [-0.3, -0.25) is 9.69 Å². The molecule has 2 aromatic rings. The van der Waals surface area contributed by atoms with Crippen molar-refractivity contribution in [2.75, 3.05) is 26.2 Å². The molecule has 1 amide bonds. The van der Waals surface area contributed by atoms with E-state index in [4.69, 9.17) is 4.42 Å². The Bertz CT molecular complexity index is 965. The summed E-state index contributed by atoms with van der Waals surface area (Å²) in [4.78, 5) is 15.0. The fourth-order valence-electron chi connectivity index (χ4n) is 4.09. The van der Waals surface area contributed by atoms with Crippen LogP contribution in [0.5, 0.6) is 0 Å². The molecule has 2 fully saturated rings. The van der Waals surface area contributed by atoms with E-state index in [1.807, 2.05) is 18.2 Å². The maximum atomic E-state index is 12.8. The SMILES string of the molecule is Cc1oc(C(=O)N[C@H]2CCN(Cc3ccccc3)C2)cc1S(=O)(=O)N1CCCC1. The van der Waals surface area contributed by atoms with Gasteiger partial charge in [0, 0.05) is 44.8 Å². The number of amides is 1. The second kappa shape index (κ2) is 8.30. The Morgan fingerprint density at radius 3 is 2.62 bits per heavy atom. The summed E-state index contributed by atoms with van der Waals surface area (Å²) in [5.41, 5.74) is 1.25. The van der Waals surface area contributed by atoms with E-state index in [9.17, 15) is 13.2 Å². The van der Waals surface area contributed by atoms with Crippen LogP contribution in [0.2, 0.25) is 0 Å². The van der Waals surface area contributed by atoms with Crippen molar-refractivity contribution in [3.05, 3.63) is 53.5 Å². The molecule has 0 saturated carbocycles. The van der Waals surface area contributed by atoms with Crippen molar-refractivity contribution >= 4 is 15.9 Å². The monoisotopic (exact) mass is 417 g/mol. The zero-order chi connectivity index (χ0) is 20.4. The molecule has 1 N–H and O–H groups in total. The Morgan fingerprint density at radius 2 is 1.90 bits per heavy atom. The minimum absolute atomic E-state index is 0.0234. The number of rotatable bonds is 6. The number of carbonyl (C=O) groups excluding carboxylic acids is 1. The van der Waals surface area contributed by atoms with E-state index in [1.165, 1.54) is 15.9 Å². The molecule has 156 valence electrons. The molecule has 4 rings (SSSR count). The molecule has 0 radical (unpaired) electrons. The second-order valence-corrected chi connectivity index (χ2v) is 9.73. The normalized spacial score (nSPS) is 20.9. The topological polar surface area (TPSA) is 82.9 Å². The molecular weight excluding hydrogens is 390 g/mol. The number of carbonyl (C=O) groups is 1. The van der Waals surface area contributed by atoms with Crippen molar-refractivity contribution in [1.82, 2.24) is 14.5 Å². The van der Waals surface area contributed by atoms with Crippen LogP contribution in [0, 0.1) is 6.92 Å². The number of hydrogen-bond acceptors (Lipinski definition) is 5. The largest absolute Gasteiger partial charge is 0.455 e. The lowest BCUT2D eigenvalue weighted by atomic mass is 10.2. The Morgan fingerprint density at radius 1 is 1.17 bits per heavy atom. The van der Waals surface area contributed by atoms with Crippen molar-refractivity contribution in [3.8, 4) is 0 Å². The lowest BCUT2D eigenvalue weighted by Crippen LogP contribution is -2.36. The fourth-order valence-corrected chi connectivity index (χ4v) is 5.77. The first-order valence-corrected chi connectivity index (χ1v) is 11.6. The number of furan rings is 1. The number of nitrogens with one attached hydrogen (secondary N) is 1. The highest BCUT2D eigenvalue weighted by Gasteiger charge is 2.32. The standard InChI is InChI=1S/C21H27N3O4S/c1-16-20(29(26,27)24-10-5-6-11-24)13-19(28-16)21(25)22-18-9-12-23(15-18)14-17-7-3-2-4-8-17/h2-4,7-8,13,18H,5-6,9-12,14-15H2,1H3,(H,22,25)/t18-/m0/s1. The molecule has 0 spiro atoms. The molecule has 3 heterocycles. The van der Waals surface area contributed by atoms with Crippen LogP contribution in [0.1, 0.15) is 41.1 Å². The van der Waals surface area contributed by atoms with Crippen LogP contribution in [-0.2, 0) is 16.6 Å². The predicted molar refractivity (Wildman–Crippen MR) is 109 cm³/mol. The van der Waals surface area contributed by atoms with Crippen LogP contribution in [0.25, 0.3) is 0 Å². The third-order valence-electron chi connectivity index (χ3n) is 5.64. The summed E-state index contributed by atoms with van der Waals surface area (Å²) >= 11 is 0. The highest BCUT2D eigenvalue weighted by Crippen LogP contribution is 2.26. The summed E-state index contributed by atoms with van der Waals surface area (Å²) in [5.74, 6) is -0.0384. The first-order chi connectivity index (χ1) is 13.9. The molecule has 2 saturated heterocycles. The number of aryl methyl sites for hydroxylation is 1. The molecule has 2 aliphatic heterocycles. The van der Waals surface area contributed by atoms with E-state index in [0.29, 0.717) is 13.1 Å². The number of hydrogen-bond donors (Lipinski definition) is 1. The van der Waals surface area contributed by atoms with E-state index in [1.54, 1.807) is 6.92 Å². The van der Waals surface area contributed by atoms with E-state index in [2.05, 4.69) is 22.3 Å². The molecule has 1 aromatic heterocycles.